The summed E-state index contributed by atoms with van der Waals surface area (Å²) < 4.78 is 27.3. The Morgan fingerprint density at radius 3 is 2.50 bits per heavy atom. The van der Waals surface area contributed by atoms with E-state index in [9.17, 15) is 8.78 Å². The summed E-state index contributed by atoms with van der Waals surface area (Å²) in [6.45, 7) is 1.62. The SMILES string of the molecule is CC(c1ccccc1F)N(C)c1cc(F)cc(CO)c1. The van der Waals surface area contributed by atoms with Crippen LogP contribution in [0.1, 0.15) is 24.1 Å². The minimum absolute atomic E-state index is 0.229. The quantitative estimate of drug-likeness (QED) is 0.922. The number of halogens is 2. The Bertz CT molecular complexity index is 601. The number of aliphatic hydroxyl groups is 1. The van der Waals surface area contributed by atoms with Gasteiger partial charge in [0.05, 0.1) is 12.6 Å². The molecular weight excluding hydrogens is 260 g/mol. The molecule has 0 saturated heterocycles. The van der Waals surface area contributed by atoms with Crippen molar-refractivity contribution in [2.24, 2.45) is 0 Å². The maximum Gasteiger partial charge on any atom is 0.128 e. The van der Waals surface area contributed by atoms with Crippen LogP contribution in [0.2, 0.25) is 0 Å². The summed E-state index contributed by atoms with van der Waals surface area (Å²) in [5.41, 5.74) is 1.64. The van der Waals surface area contributed by atoms with Crippen molar-refractivity contribution < 1.29 is 13.9 Å². The van der Waals surface area contributed by atoms with Gasteiger partial charge in [0.15, 0.2) is 0 Å². The molecule has 0 bridgehead atoms. The molecule has 0 saturated carbocycles. The summed E-state index contributed by atoms with van der Waals surface area (Å²) in [5.74, 6) is -0.704. The molecule has 4 heteroatoms. The van der Waals surface area contributed by atoms with E-state index in [0.29, 0.717) is 16.8 Å². The topological polar surface area (TPSA) is 23.5 Å². The van der Waals surface area contributed by atoms with Crippen LogP contribution >= 0.6 is 0 Å². The van der Waals surface area contributed by atoms with Crippen molar-refractivity contribution in [1.29, 1.82) is 0 Å². The Morgan fingerprint density at radius 2 is 1.85 bits per heavy atom. The zero-order valence-corrected chi connectivity index (χ0v) is 11.5. The van der Waals surface area contributed by atoms with Gasteiger partial charge in [0.2, 0.25) is 0 Å². The van der Waals surface area contributed by atoms with Crippen LogP contribution in [-0.2, 0) is 6.61 Å². The highest BCUT2D eigenvalue weighted by molar-refractivity contribution is 5.50. The third kappa shape index (κ3) is 2.96. The van der Waals surface area contributed by atoms with E-state index < -0.39 is 5.82 Å². The zero-order valence-electron chi connectivity index (χ0n) is 11.5. The van der Waals surface area contributed by atoms with Crippen molar-refractivity contribution >= 4 is 5.69 Å². The summed E-state index contributed by atoms with van der Waals surface area (Å²) in [6.07, 6.45) is 0. The van der Waals surface area contributed by atoms with Gasteiger partial charge in [-0.3, -0.25) is 0 Å². The van der Waals surface area contributed by atoms with Crippen LogP contribution in [0.25, 0.3) is 0 Å². The Kier molecular flexibility index (Phi) is 4.35. The number of nitrogens with zero attached hydrogens (tertiary/aromatic N) is 1. The van der Waals surface area contributed by atoms with Gasteiger partial charge in [-0.15, -0.1) is 0 Å². The van der Waals surface area contributed by atoms with Crippen LogP contribution in [0.5, 0.6) is 0 Å². The average molecular weight is 277 g/mol. The lowest BCUT2D eigenvalue weighted by molar-refractivity contribution is 0.281. The standard InChI is InChI=1S/C16H17F2NO/c1-11(15-5-3-4-6-16(15)18)19(2)14-8-12(10-20)7-13(17)9-14/h3-9,11,20H,10H2,1-2H3. The molecule has 0 aliphatic carbocycles. The van der Waals surface area contributed by atoms with Crippen LogP contribution in [0.15, 0.2) is 42.5 Å². The van der Waals surface area contributed by atoms with Gasteiger partial charge >= 0.3 is 0 Å². The molecule has 20 heavy (non-hydrogen) atoms. The first-order valence-electron chi connectivity index (χ1n) is 6.40. The van der Waals surface area contributed by atoms with Gasteiger partial charge in [0.1, 0.15) is 11.6 Å². The molecule has 2 aromatic carbocycles. The van der Waals surface area contributed by atoms with Crippen molar-refractivity contribution in [3.63, 3.8) is 0 Å². The number of hydrogen-bond donors (Lipinski definition) is 1. The van der Waals surface area contributed by atoms with Crippen molar-refractivity contribution in [1.82, 2.24) is 0 Å². The third-order valence-corrected chi connectivity index (χ3v) is 3.47. The lowest BCUT2D eigenvalue weighted by atomic mass is 10.1. The molecule has 0 radical (unpaired) electrons. The average Bonchev–Trinajstić information content (AvgIpc) is 2.45. The second-order valence-electron chi connectivity index (χ2n) is 4.78. The van der Waals surface area contributed by atoms with E-state index in [2.05, 4.69) is 0 Å². The fourth-order valence-corrected chi connectivity index (χ4v) is 2.17. The maximum absolute atomic E-state index is 13.8. The number of aliphatic hydroxyl groups excluding tert-OH is 1. The smallest absolute Gasteiger partial charge is 0.128 e. The summed E-state index contributed by atoms with van der Waals surface area (Å²) >= 11 is 0. The Hall–Kier alpha value is -1.94. The van der Waals surface area contributed by atoms with Crippen molar-refractivity contribution in [3.8, 4) is 0 Å². The van der Waals surface area contributed by atoms with Gasteiger partial charge in [-0.2, -0.15) is 0 Å². The number of anilines is 1. The van der Waals surface area contributed by atoms with E-state index in [1.165, 1.54) is 18.2 Å². The van der Waals surface area contributed by atoms with Crippen LogP contribution < -0.4 is 4.90 Å². The van der Waals surface area contributed by atoms with Crippen molar-refractivity contribution in [2.45, 2.75) is 19.6 Å². The van der Waals surface area contributed by atoms with Crippen LogP contribution in [0.4, 0.5) is 14.5 Å². The molecule has 2 nitrogen and oxygen atoms in total. The van der Waals surface area contributed by atoms with E-state index in [0.717, 1.165) is 0 Å². The zero-order chi connectivity index (χ0) is 14.7. The molecule has 2 aromatic rings. The summed E-state index contributed by atoms with van der Waals surface area (Å²) in [6, 6.07) is 10.6. The van der Waals surface area contributed by atoms with E-state index in [-0.39, 0.29) is 18.5 Å². The van der Waals surface area contributed by atoms with Crippen LogP contribution in [-0.4, -0.2) is 12.2 Å². The molecule has 1 unspecified atom stereocenters. The second kappa shape index (κ2) is 6.01. The predicted octanol–water partition coefficient (Wildman–Crippen LogP) is 3.65. The number of benzene rings is 2. The molecule has 0 amide bonds. The van der Waals surface area contributed by atoms with Gasteiger partial charge in [-0.25, -0.2) is 8.78 Å². The van der Waals surface area contributed by atoms with Crippen molar-refractivity contribution in [3.05, 3.63) is 65.2 Å². The van der Waals surface area contributed by atoms with Gasteiger partial charge in [-0.05, 0) is 36.8 Å². The molecule has 0 fully saturated rings. The maximum atomic E-state index is 13.8. The minimum Gasteiger partial charge on any atom is -0.392 e. The lowest BCUT2D eigenvalue weighted by Gasteiger charge is -2.28. The summed E-state index contributed by atoms with van der Waals surface area (Å²) in [7, 11) is 1.77. The number of hydrogen-bond acceptors (Lipinski definition) is 2. The van der Waals surface area contributed by atoms with Crippen LogP contribution in [0, 0.1) is 11.6 Å². The van der Waals surface area contributed by atoms with Gasteiger partial charge in [0, 0.05) is 18.3 Å². The molecular formula is C16H17F2NO. The fourth-order valence-electron chi connectivity index (χ4n) is 2.17. The monoisotopic (exact) mass is 277 g/mol. The normalized spacial score (nSPS) is 12.2. The van der Waals surface area contributed by atoms with Crippen LogP contribution in [0.3, 0.4) is 0 Å². The largest absolute Gasteiger partial charge is 0.392 e. The lowest BCUT2D eigenvalue weighted by Crippen LogP contribution is -2.22. The molecule has 1 N–H and O–H groups in total. The Labute approximate surface area is 117 Å². The van der Waals surface area contributed by atoms with Crippen molar-refractivity contribution in [2.75, 3.05) is 11.9 Å². The molecule has 2 rings (SSSR count). The molecule has 0 aliphatic rings. The summed E-state index contributed by atoms with van der Waals surface area (Å²) in [5, 5.41) is 9.12. The molecule has 0 aromatic heterocycles. The first-order valence-corrected chi connectivity index (χ1v) is 6.40. The first kappa shape index (κ1) is 14.5. The van der Waals surface area contributed by atoms with E-state index in [4.69, 9.17) is 5.11 Å². The molecule has 106 valence electrons. The summed E-state index contributed by atoms with van der Waals surface area (Å²) in [4.78, 5) is 1.78. The van der Waals surface area contributed by atoms with Gasteiger partial charge < -0.3 is 10.0 Å². The van der Waals surface area contributed by atoms with Gasteiger partial charge in [0.25, 0.3) is 0 Å². The first-order chi connectivity index (χ1) is 9.52. The van der Waals surface area contributed by atoms with E-state index in [1.807, 2.05) is 6.92 Å². The van der Waals surface area contributed by atoms with E-state index in [1.54, 1.807) is 36.2 Å². The number of rotatable bonds is 4. The van der Waals surface area contributed by atoms with Gasteiger partial charge in [-0.1, -0.05) is 18.2 Å². The molecule has 0 heterocycles. The Morgan fingerprint density at radius 1 is 1.15 bits per heavy atom. The predicted molar refractivity (Wildman–Crippen MR) is 75.5 cm³/mol. The highest BCUT2D eigenvalue weighted by Crippen LogP contribution is 2.28. The van der Waals surface area contributed by atoms with E-state index >= 15 is 0 Å². The minimum atomic E-state index is -0.417. The molecule has 0 aliphatic heterocycles. The second-order valence-corrected chi connectivity index (χ2v) is 4.78. The highest BCUT2D eigenvalue weighted by Gasteiger charge is 2.16. The molecule has 0 spiro atoms. The fraction of sp³-hybridized carbons (Fsp3) is 0.250. The highest BCUT2D eigenvalue weighted by atomic mass is 19.1. The molecule has 1 atom stereocenters. The Balaban J connectivity index is 2.33. The third-order valence-electron chi connectivity index (χ3n) is 3.47.